The zero-order valence-corrected chi connectivity index (χ0v) is 17.4. The summed E-state index contributed by atoms with van der Waals surface area (Å²) in [5.41, 5.74) is 5.23. The molecule has 0 radical (unpaired) electrons. The van der Waals surface area contributed by atoms with Crippen LogP contribution in [0.5, 0.6) is 0 Å². The molecule has 4 nitrogen and oxygen atoms in total. The normalized spacial score (nSPS) is 23.7. The molecule has 4 rings (SSSR count). The van der Waals surface area contributed by atoms with E-state index in [-0.39, 0.29) is 12.1 Å². The first-order valence-corrected chi connectivity index (χ1v) is 10.7. The van der Waals surface area contributed by atoms with Crippen molar-refractivity contribution in [3.05, 3.63) is 53.1 Å². The molecule has 1 saturated heterocycles. The molecule has 2 aliphatic rings. The third-order valence-corrected chi connectivity index (χ3v) is 6.67. The van der Waals surface area contributed by atoms with Gasteiger partial charge in [-0.25, -0.2) is 0 Å². The lowest BCUT2D eigenvalue weighted by atomic mass is 9.94. The quantitative estimate of drug-likeness (QED) is 0.755. The molecule has 0 amide bonds. The lowest BCUT2D eigenvalue weighted by molar-refractivity contribution is 0.323. The summed E-state index contributed by atoms with van der Waals surface area (Å²) >= 11 is 5.68. The fourth-order valence-corrected chi connectivity index (χ4v) is 5.46. The minimum absolute atomic E-state index is 0.0963. The Morgan fingerprint density at radius 2 is 1.96 bits per heavy atom. The number of nitrogens with zero attached hydrogens (tertiary/aromatic N) is 3. The van der Waals surface area contributed by atoms with Crippen LogP contribution in [0.3, 0.4) is 0 Å². The molecule has 2 atom stereocenters. The van der Waals surface area contributed by atoms with E-state index in [1.54, 1.807) is 0 Å². The molecule has 1 N–H and O–H groups in total. The SMILES string of the molecule is CCN1C(=S)N[C@H](c2ccccn2)[C@H]1c1cc(C)n(C2CCCCC2)c1C. The second-order valence-corrected chi connectivity index (χ2v) is 8.29. The molecule has 0 aromatic carbocycles. The molecule has 27 heavy (non-hydrogen) atoms. The Hall–Kier alpha value is -1.88. The Morgan fingerprint density at radius 3 is 2.63 bits per heavy atom. The lowest BCUT2D eigenvalue weighted by Crippen LogP contribution is -2.29. The lowest BCUT2D eigenvalue weighted by Gasteiger charge is -2.29. The summed E-state index contributed by atoms with van der Waals surface area (Å²) < 4.78 is 2.60. The van der Waals surface area contributed by atoms with Crippen LogP contribution in [0, 0.1) is 13.8 Å². The van der Waals surface area contributed by atoms with Gasteiger partial charge in [-0.2, -0.15) is 0 Å². The largest absolute Gasteiger partial charge is 0.352 e. The van der Waals surface area contributed by atoms with E-state index in [1.807, 2.05) is 12.3 Å². The van der Waals surface area contributed by atoms with Crippen LogP contribution in [-0.2, 0) is 0 Å². The van der Waals surface area contributed by atoms with Crippen molar-refractivity contribution < 1.29 is 0 Å². The molecule has 2 aromatic rings. The van der Waals surface area contributed by atoms with Gasteiger partial charge >= 0.3 is 0 Å². The van der Waals surface area contributed by atoms with Crippen molar-refractivity contribution in [3.63, 3.8) is 0 Å². The first-order chi connectivity index (χ1) is 13.1. The van der Waals surface area contributed by atoms with Crippen LogP contribution in [0.2, 0.25) is 0 Å². The van der Waals surface area contributed by atoms with Crippen molar-refractivity contribution in [2.75, 3.05) is 6.54 Å². The van der Waals surface area contributed by atoms with Crippen molar-refractivity contribution in [1.82, 2.24) is 19.8 Å². The Labute approximate surface area is 168 Å². The van der Waals surface area contributed by atoms with Gasteiger partial charge in [-0.1, -0.05) is 25.3 Å². The zero-order valence-electron chi connectivity index (χ0n) is 16.6. The molecule has 0 spiro atoms. The van der Waals surface area contributed by atoms with Crippen LogP contribution in [0.1, 0.15) is 79.8 Å². The van der Waals surface area contributed by atoms with Crippen LogP contribution in [-0.4, -0.2) is 26.1 Å². The highest BCUT2D eigenvalue weighted by Crippen LogP contribution is 2.42. The molecule has 1 aliphatic carbocycles. The van der Waals surface area contributed by atoms with Crippen molar-refractivity contribution in [2.24, 2.45) is 0 Å². The van der Waals surface area contributed by atoms with Crippen LogP contribution in [0.15, 0.2) is 30.5 Å². The summed E-state index contributed by atoms with van der Waals surface area (Å²) in [5, 5.41) is 4.37. The maximum atomic E-state index is 5.68. The number of aromatic nitrogens is 2. The summed E-state index contributed by atoms with van der Waals surface area (Å²) in [6.07, 6.45) is 8.57. The summed E-state index contributed by atoms with van der Waals surface area (Å²) in [4.78, 5) is 6.95. The fourth-order valence-electron chi connectivity index (χ4n) is 5.09. The molecule has 1 saturated carbocycles. The highest BCUT2D eigenvalue weighted by atomic mass is 32.1. The molecule has 3 heterocycles. The van der Waals surface area contributed by atoms with Gasteiger partial charge in [0.2, 0.25) is 0 Å². The molecule has 0 unspecified atom stereocenters. The van der Waals surface area contributed by atoms with E-state index in [1.165, 1.54) is 49.1 Å². The van der Waals surface area contributed by atoms with Gasteiger partial charge in [0, 0.05) is 30.2 Å². The van der Waals surface area contributed by atoms with Gasteiger partial charge in [0.25, 0.3) is 0 Å². The van der Waals surface area contributed by atoms with Crippen molar-refractivity contribution >= 4 is 17.3 Å². The minimum atomic E-state index is 0.0963. The number of thiocarbonyl (C=S) groups is 1. The van der Waals surface area contributed by atoms with E-state index >= 15 is 0 Å². The Morgan fingerprint density at radius 1 is 1.19 bits per heavy atom. The summed E-state index contributed by atoms with van der Waals surface area (Å²) in [6.45, 7) is 7.63. The van der Waals surface area contributed by atoms with Gasteiger partial charge < -0.3 is 14.8 Å². The first-order valence-electron chi connectivity index (χ1n) is 10.3. The average molecular weight is 383 g/mol. The maximum Gasteiger partial charge on any atom is 0.170 e. The zero-order chi connectivity index (χ0) is 19.0. The highest BCUT2D eigenvalue weighted by molar-refractivity contribution is 7.80. The van der Waals surface area contributed by atoms with E-state index in [4.69, 9.17) is 12.2 Å². The van der Waals surface area contributed by atoms with Gasteiger partial charge in [-0.15, -0.1) is 0 Å². The number of nitrogens with one attached hydrogen (secondary N) is 1. The van der Waals surface area contributed by atoms with E-state index < -0.39 is 0 Å². The van der Waals surface area contributed by atoms with Gasteiger partial charge in [0.15, 0.2) is 5.11 Å². The first kappa shape index (κ1) is 18.5. The molecular weight excluding hydrogens is 352 g/mol. The molecule has 144 valence electrons. The van der Waals surface area contributed by atoms with E-state index in [9.17, 15) is 0 Å². The molecular formula is C22H30N4S. The monoisotopic (exact) mass is 382 g/mol. The number of hydrogen-bond donors (Lipinski definition) is 1. The fraction of sp³-hybridized carbons (Fsp3) is 0.545. The minimum Gasteiger partial charge on any atom is -0.352 e. The van der Waals surface area contributed by atoms with Crippen LogP contribution >= 0.6 is 12.2 Å². The molecule has 5 heteroatoms. The van der Waals surface area contributed by atoms with Crippen LogP contribution in [0.4, 0.5) is 0 Å². The van der Waals surface area contributed by atoms with Crippen molar-refractivity contribution in [3.8, 4) is 0 Å². The summed E-state index contributed by atoms with van der Waals surface area (Å²) in [7, 11) is 0. The second-order valence-electron chi connectivity index (χ2n) is 7.90. The average Bonchev–Trinajstić information content (AvgIpc) is 3.18. The number of likely N-dealkylation sites (N-methyl/N-ethyl adjacent to an activating group) is 1. The maximum absolute atomic E-state index is 5.68. The van der Waals surface area contributed by atoms with E-state index in [0.717, 1.165) is 17.4 Å². The second kappa shape index (κ2) is 7.63. The predicted octanol–water partition coefficient (Wildman–Crippen LogP) is 5.00. The van der Waals surface area contributed by atoms with E-state index in [2.05, 4.69) is 58.7 Å². The summed E-state index contributed by atoms with van der Waals surface area (Å²) in [5.74, 6) is 0. The number of rotatable bonds is 4. The molecule has 1 aliphatic heterocycles. The topological polar surface area (TPSA) is 33.1 Å². The van der Waals surface area contributed by atoms with Gasteiger partial charge in [0.05, 0.1) is 17.8 Å². The van der Waals surface area contributed by atoms with Gasteiger partial charge in [0.1, 0.15) is 0 Å². The Balaban J connectivity index is 1.76. The van der Waals surface area contributed by atoms with Gasteiger partial charge in [-0.3, -0.25) is 4.98 Å². The molecule has 0 bridgehead atoms. The third kappa shape index (κ3) is 3.27. The number of pyridine rings is 1. The highest BCUT2D eigenvalue weighted by Gasteiger charge is 2.40. The molecule has 2 aromatic heterocycles. The molecule has 2 fully saturated rings. The van der Waals surface area contributed by atoms with Crippen molar-refractivity contribution in [2.45, 2.75) is 71.0 Å². The number of hydrogen-bond acceptors (Lipinski definition) is 2. The number of aryl methyl sites for hydroxylation is 1. The van der Waals surface area contributed by atoms with Crippen LogP contribution < -0.4 is 5.32 Å². The van der Waals surface area contributed by atoms with E-state index in [0.29, 0.717) is 6.04 Å². The smallest absolute Gasteiger partial charge is 0.170 e. The Bertz CT molecular complexity index is 807. The van der Waals surface area contributed by atoms with Gasteiger partial charge in [-0.05, 0) is 69.6 Å². The third-order valence-electron chi connectivity index (χ3n) is 6.32. The standard InChI is InChI=1S/C22H30N4S/c1-4-25-21(20(24-22(25)27)19-12-8-9-13-23-19)18-14-15(2)26(16(18)3)17-10-6-5-7-11-17/h8-9,12-14,17,20-21H,4-7,10-11H2,1-3H3,(H,24,27)/t20-,21-/m1/s1. The Kier molecular flexibility index (Phi) is 5.22. The predicted molar refractivity (Wildman–Crippen MR) is 114 cm³/mol. The summed E-state index contributed by atoms with van der Waals surface area (Å²) in [6, 6.07) is 9.47. The van der Waals surface area contributed by atoms with Crippen LogP contribution in [0.25, 0.3) is 0 Å². The van der Waals surface area contributed by atoms with Crippen molar-refractivity contribution in [1.29, 1.82) is 0 Å².